The summed E-state index contributed by atoms with van der Waals surface area (Å²) in [5.74, 6) is -0.568. The fourth-order valence-electron chi connectivity index (χ4n) is 1.51. The average Bonchev–Trinajstić information content (AvgIpc) is 2.31. The van der Waals surface area contributed by atoms with Crippen LogP contribution in [0, 0.1) is 11.3 Å². The first kappa shape index (κ1) is 13.0. The van der Waals surface area contributed by atoms with Crippen molar-refractivity contribution in [2.45, 2.75) is 26.7 Å². The number of nitrogens with zero attached hydrogens (tertiary/aromatic N) is 2. The first-order valence-electron chi connectivity index (χ1n) is 5.50. The molecule has 0 unspecified atom stereocenters. The maximum atomic E-state index is 11.7. The number of nitrogen functional groups attached to an aromatic ring is 1. The molecule has 0 bridgehead atoms. The van der Waals surface area contributed by atoms with Crippen LogP contribution in [-0.4, -0.2) is 17.6 Å². The molecule has 1 aromatic heterocycles. The number of aromatic nitrogens is 1. The first-order valence-corrected chi connectivity index (χ1v) is 5.50. The van der Waals surface area contributed by atoms with Gasteiger partial charge in [-0.3, -0.25) is 4.98 Å². The van der Waals surface area contributed by atoms with Crippen molar-refractivity contribution in [2.75, 3.05) is 12.3 Å². The summed E-state index contributed by atoms with van der Waals surface area (Å²) in [7, 11) is 0. The van der Waals surface area contributed by atoms with Crippen LogP contribution in [0.3, 0.4) is 0 Å². The Morgan fingerprint density at radius 3 is 2.82 bits per heavy atom. The quantitative estimate of drug-likeness (QED) is 0.799. The number of aryl methyl sites for hydroxylation is 1. The van der Waals surface area contributed by atoms with Gasteiger partial charge in [0.25, 0.3) is 0 Å². The van der Waals surface area contributed by atoms with E-state index in [9.17, 15) is 4.79 Å². The number of hydrogen-bond acceptors (Lipinski definition) is 5. The van der Waals surface area contributed by atoms with Crippen LogP contribution in [0.4, 0.5) is 5.69 Å². The van der Waals surface area contributed by atoms with Crippen LogP contribution in [0.5, 0.6) is 0 Å². The summed E-state index contributed by atoms with van der Waals surface area (Å²) in [6, 6.07) is 1.90. The summed E-state index contributed by atoms with van der Waals surface area (Å²) in [6.45, 7) is 3.94. The Kier molecular flexibility index (Phi) is 4.46. The lowest BCUT2D eigenvalue weighted by Gasteiger charge is -2.10. The van der Waals surface area contributed by atoms with Crippen molar-refractivity contribution < 1.29 is 9.53 Å². The molecule has 0 radical (unpaired) electrons. The van der Waals surface area contributed by atoms with Crippen molar-refractivity contribution >= 4 is 11.7 Å². The van der Waals surface area contributed by atoms with Gasteiger partial charge in [-0.15, -0.1) is 0 Å². The number of carbonyl (C=O) groups is 1. The van der Waals surface area contributed by atoms with Crippen LogP contribution in [0.15, 0.2) is 6.20 Å². The van der Waals surface area contributed by atoms with Gasteiger partial charge in [-0.05, 0) is 13.3 Å². The zero-order valence-electron chi connectivity index (χ0n) is 9.99. The largest absolute Gasteiger partial charge is 0.462 e. The number of pyridine rings is 1. The fraction of sp³-hybridized carbons (Fsp3) is 0.417. The molecular formula is C12H15N3O2. The highest BCUT2D eigenvalue weighted by atomic mass is 16.5. The molecule has 0 saturated heterocycles. The van der Waals surface area contributed by atoms with E-state index in [0.29, 0.717) is 12.1 Å². The third-order valence-electron chi connectivity index (χ3n) is 2.29. The van der Waals surface area contributed by atoms with Crippen LogP contribution in [0.1, 0.15) is 41.9 Å². The molecule has 0 saturated carbocycles. The molecule has 0 aliphatic heterocycles. The van der Waals surface area contributed by atoms with Crippen molar-refractivity contribution in [3.05, 3.63) is 23.0 Å². The second-order valence-electron chi connectivity index (χ2n) is 3.49. The second-order valence-corrected chi connectivity index (χ2v) is 3.49. The van der Waals surface area contributed by atoms with E-state index in [4.69, 9.17) is 15.7 Å². The normalized spacial score (nSPS) is 9.71. The van der Waals surface area contributed by atoms with Gasteiger partial charge in [0, 0.05) is 6.20 Å². The summed E-state index contributed by atoms with van der Waals surface area (Å²) in [5.41, 5.74) is 7.04. The maximum absolute atomic E-state index is 11.7. The van der Waals surface area contributed by atoms with Crippen molar-refractivity contribution in [1.82, 2.24) is 4.98 Å². The number of rotatable bonds is 4. The standard InChI is InChI=1S/C12H15N3O2/c1-3-5-9-11(14)10(12(16)17-4-2)8(6-13)7-15-9/h7H,3-5,14H2,1-2H3. The molecule has 2 N–H and O–H groups in total. The highest BCUT2D eigenvalue weighted by molar-refractivity contribution is 5.98. The molecular weight excluding hydrogens is 218 g/mol. The molecule has 0 spiro atoms. The molecule has 1 heterocycles. The number of ether oxygens (including phenoxy) is 1. The number of nitriles is 1. The predicted molar refractivity (Wildman–Crippen MR) is 63.3 cm³/mol. The molecule has 1 rings (SSSR count). The van der Waals surface area contributed by atoms with Crippen LogP contribution < -0.4 is 5.73 Å². The van der Waals surface area contributed by atoms with E-state index >= 15 is 0 Å². The van der Waals surface area contributed by atoms with Gasteiger partial charge in [-0.1, -0.05) is 13.3 Å². The zero-order valence-corrected chi connectivity index (χ0v) is 9.99. The molecule has 1 aromatic rings. The van der Waals surface area contributed by atoms with Crippen LogP contribution in [0.25, 0.3) is 0 Å². The third-order valence-corrected chi connectivity index (χ3v) is 2.29. The van der Waals surface area contributed by atoms with Crippen LogP contribution in [0.2, 0.25) is 0 Å². The lowest BCUT2D eigenvalue weighted by molar-refractivity contribution is 0.0527. The second kappa shape index (κ2) is 5.85. The average molecular weight is 233 g/mol. The van der Waals surface area contributed by atoms with Gasteiger partial charge in [0.05, 0.1) is 23.6 Å². The molecule has 0 aliphatic carbocycles. The lowest BCUT2D eigenvalue weighted by atomic mass is 10.1. The van der Waals surface area contributed by atoms with Crippen molar-refractivity contribution in [2.24, 2.45) is 0 Å². The molecule has 0 amide bonds. The van der Waals surface area contributed by atoms with Crippen LogP contribution in [-0.2, 0) is 11.2 Å². The molecule has 0 aromatic carbocycles. The Bertz CT molecular complexity index is 464. The van der Waals surface area contributed by atoms with Gasteiger partial charge in [0.1, 0.15) is 11.6 Å². The van der Waals surface area contributed by atoms with Gasteiger partial charge >= 0.3 is 5.97 Å². The predicted octanol–water partition coefficient (Wildman–Crippen LogP) is 1.66. The summed E-state index contributed by atoms with van der Waals surface area (Å²) in [5, 5.41) is 8.93. The van der Waals surface area contributed by atoms with Crippen molar-refractivity contribution in [3.63, 3.8) is 0 Å². The van der Waals surface area contributed by atoms with Gasteiger partial charge in [-0.25, -0.2) is 4.79 Å². The SMILES string of the molecule is CCCc1ncc(C#N)c(C(=O)OCC)c1N. The summed E-state index contributed by atoms with van der Waals surface area (Å²) >= 11 is 0. The highest BCUT2D eigenvalue weighted by Crippen LogP contribution is 2.21. The van der Waals surface area contributed by atoms with E-state index in [1.165, 1.54) is 6.20 Å². The summed E-state index contributed by atoms with van der Waals surface area (Å²) in [6.07, 6.45) is 2.91. The molecule has 0 aliphatic rings. The maximum Gasteiger partial charge on any atom is 0.341 e. The number of anilines is 1. The number of nitrogens with two attached hydrogens (primary N) is 1. The number of carbonyl (C=O) groups excluding carboxylic acids is 1. The van der Waals surface area contributed by atoms with E-state index in [2.05, 4.69) is 4.98 Å². The number of esters is 1. The van der Waals surface area contributed by atoms with E-state index in [-0.39, 0.29) is 23.4 Å². The van der Waals surface area contributed by atoms with Crippen LogP contribution >= 0.6 is 0 Å². The lowest BCUT2D eigenvalue weighted by Crippen LogP contribution is -2.13. The first-order chi connectivity index (χ1) is 8.15. The van der Waals surface area contributed by atoms with E-state index in [0.717, 1.165) is 6.42 Å². The molecule has 17 heavy (non-hydrogen) atoms. The van der Waals surface area contributed by atoms with E-state index in [1.807, 2.05) is 13.0 Å². The summed E-state index contributed by atoms with van der Waals surface area (Å²) < 4.78 is 4.89. The van der Waals surface area contributed by atoms with Gasteiger partial charge in [0.2, 0.25) is 0 Å². The summed E-state index contributed by atoms with van der Waals surface area (Å²) in [4.78, 5) is 15.8. The Morgan fingerprint density at radius 2 is 2.29 bits per heavy atom. The molecule has 0 atom stereocenters. The van der Waals surface area contributed by atoms with Gasteiger partial charge in [-0.2, -0.15) is 5.26 Å². The minimum atomic E-state index is -0.568. The Balaban J connectivity index is 3.28. The smallest absolute Gasteiger partial charge is 0.341 e. The Labute approximate surface area is 100 Å². The highest BCUT2D eigenvalue weighted by Gasteiger charge is 2.19. The van der Waals surface area contributed by atoms with E-state index in [1.54, 1.807) is 6.92 Å². The van der Waals surface area contributed by atoms with Gasteiger partial charge in [0.15, 0.2) is 0 Å². The minimum Gasteiger partial charge on any atom is -0.462 e. The fourth-order valence-corrected chi connectivity index (χ4v) is 1.51. The molecule has 5 nitrogen and oxygen atoms in total. The Morgan fingerprint density at radius 1 is 1.59 bits per heavy atom. The topological polar surface area (TPSA) is 89.0 Å². The van der Waals surface area contributed by atoms with Gasteiger partial charge < -0.3 is 10.5 Å². The Hall–Kier alpha value is -2.09. The van der Waals surface area contributed by atoms with Crippen molar-refractivity contribution in [1.29, 1.82) is 5.26 Å². The van der Waals surface area contributed by atoms with E-state index < -0.39 is 5.97 Å². The number of hydrogen-bond donors (Lipinski definition) is 1. The zero-order chi connectivity index (χ0) is 12.8. The third kappa shape index (κ3) is 2.72. The minimum absolute atomic E-state index is 0.132. The van der Waals surface area contributed by atoms with Crippen molar-refractivity contribution in [3.8, 4) is 6.07 Å². The molecule has 5 heteroatoms. The monoisotopic (exact) mass is 233 g/mol. The molecule has 90 valence electrons. The molecule has 0 fully saturated rings.